The minimum atomic E-state index is -0.0269. The number of nitrogens with one attached hydrogen (secondary N) is 2. The van der Waals surface area contributed by atoms with Gasteiger partial charge < -0.3 is 15.2 Å². The fourth-order valence-electron chi connectivity index (χ4n) is 2.07. The normalized spacial score (nSPS) is 11.6. The van der Waals surface area contributed by atoms with Gasteiger partial charge >= 0.3 is 0 Å². The molecule has 0 aliphatic heterocycles. The average molecular weight is 373 g/mol. The molecule has 0 bridgehead atoms. The lowest BCUT2D eigenvalue weighted by Gasteiger charge is -2.12. The quantitative estimate of drug-likeness (QED) is 0.744. The molecule has 0 aliphatic carbocycles. The van der Waals surface area contributed by atoms with Gasteiger partial charge in [0, 0.05) is 36.0 Å². The molecule has 1 heterocycles. The second-order valence-electron chi connectivity index (χ2n) is 5.28. The fraction of sp³-hybridized carbons (Fsp3) is 0.438. The van der Waals surface area contributed by atoms with Crippen LogP contribution in [0.4, 0.5) is 0 Å². The van der Waals surface area contributed by atoms with Crippen molar-refractivity contribution in [3.05, 3.63) is 35.2 Å². The molecule has 8 heteroatoms. The van der Waals surface area contributed by atoms with Crippen LogP contribution in [0.1, 0.15) is 26.2 Å². The Labute approximate surface area is 152 Å². The van der Waals surface area contributed by atoms with E-state index in [-0.39, 0.29) is 24.4 Å². The van der Waals surface area contributed by atoms with E-state index in [9.17, 15) is 4.79 Å². The van der Waals surface area contributed by atoms with E-state index in [0.29, 0.717) is 36.1 Å². The van der Waals surface area contributed by atoms with E-state index in [4.69, 9.17) is 16.1 Å². The number of carbonyl (C=O) groups is 1. The third-order valence-corrected chi connectivity index (χ3v) is 3.55. The third kappa shape index (κ3) is 6.47. The molecule has 0 radical (unpaired) electrons. The molecule has 1 atom stereocenters. The van der Waals surface area contributed by atoms with Gasteiger partial charge in [-0.25, -0.2) is 0 Å². The lowest BCUT2D eigenvalue weighted by Crippen LogP contribution is -2.38. The summed E-state index contributed by atoms with van der Waals surface area (Å²) in [6.07, 6.45) is 0.739. The Morgan fingerprint density at radius 1 is 1.33 bits per heavy atom. The van der Waals surface area contributed by atoms with Crippen LogP contribution in [0.2, 0.25) is 5.02 Å². The Bertz CT molecular complexity index is 631. The molecule has 6 nitrogen and oxygen atoms in total. The van der Waals surface area contributed by atoms with Crippen LogP contribution in [0.3, 0.4) is 0 Å². The summed E-state index contributed by atoms with van der Waals surface area (Å²) in [4.78, 5) is 16.1. The summed E-state index contributed by atoms with van der Waals surface area (Å²) in [5.41, 5.74) is 0.827. The molecular formula is C16H22Cl2N4O2. The van der Waals surface area contributed by atoms with Crippen molar-refractivity contribution in [3.8, 4) is 11.4 Å². The highest BCUT2D eigenvalue weighted by Gasteiger charge is 2.11. The van der Waals surface area contributed by atoms with Crippen LogP contribution < -0.4 is 10.6 Å². The van der Waals surface area contributed by atoms with E-state index in [1.165, 1.54) is 0 Å². The number of amides is 1. The second-order valence-corrected chi connectivity index (χ2v) is 5.72. The van der Waals surface area contributed by atoms with E-state index in [1.54, 1.807) is 12.1 Å². The first-order valence-corrected chi connectivity index (χ1v) is 8.05. The van der Waals surface area contributed by atoms with Crippen LogP contribution in [-0.2, 0) is 11.2 Å². The van der Waals surface area contributed by atoms with Crippen molar-refractivity contribution in [2.24, 2.45) is 0 Å². The topological polar surface area (TPSA) is 80.0 Å². The molecule has 0 spiro atoms. The van der Waals surface area contributed by atoms with Crippen molar-refractivity contribution in [1.82, 2.24) is 20.8 Å². The highest BCUT2D eigenvalue weighted by Crippen LogP contribution is 2.18. The van der Waals surface area contributed by atoms with Gasteiger partial charge in [-0.15, -0.1) is 12.4 Å². The van der Waals surface area contributed by atoms with Gasteiger partial charge in [-0.3, -0.25) is 4.79 Å². The predicted octanol–water partition coefficient (Wildman–Crippen LogP) is 2.86. The molecule has 0 unspecified atom stereocenters. The smallest absolute Gasteiger partial charge is 0.227 e. The summed E-state index contributed by atoms with van der Waals surface area (Å²) in [5, 5.41) is 10.7. The summed E-state index contributed by atoms with van der Waals surface area (Å²) < 4.78 is 5.18. The molecule has 2 aromatic rings. The first kappa shape index (κ1) is 20.4. The number of aromatic nitrogens is 2. The zero-order valence-electron chi connectivity index (χ0n) is 13.7. The molecule has 0 fully saturated rings. The molecular weight excluding hydrogens is 351 g/mol. The first-order valence-electron chi connectivity index (χ1n) is 7.67. The van der Waals surface area contributed by atoms with E-state index >= 15 is 0 Å². The minimum absolute atomic E-state index is 0. The number of likely N-dealkylation sites (N-methyl/N-ethyl adjacent to an activating group) is 1. The number of benzene rings is 1. The Kier molecular flexibility index (Phi) is 8.74. The number of carbonyl (C=O) groups excluding carboxylic acids is 1. The van der Waals surface area contributed by atoms with Gasteiger partial charge in [0.2, 0.25) is 17.6 Å². The van der Waals surface area contributed by atoms with E-state index < -0.39 is 0 Å². The maximum atomic E-state index is 11.8. The summed E-state index contributed by atoms with van der Waals surface area (Å²) >= 11 is 5.85. The lowest BCUT2D eigenvalue weighted by molar-refractivity contribution is -0.121. The monoisotopic (exact) mass is 372 g/mol. The van der Waals surface area contributed by atoms with Crippen LogP contribution in [0.15, 0.2) is 28.8 Å². The number of hydrogen-bond donors (Lipinski definition) is 2. The highest BCUT2D eigenvalue weighted by molar-refractivity contribution is 6.30. The Balaban J connectivity index is 0.00000288. The Morgan fingerprint density at radius 2 is 2.04 bits per heavy atom. The molecule has 1 amide bonds. The van der Waals surface area contributed by atoms with Gasteiger partial charge in [-0.1, -0.05) is 23.7 Å². The SMILES string of the molecule is CCN[C@H](C)CNC(=O)CCc1nc(-c2ccc(Cl)cc2)no1.Cl. The number of nitrogens with zero attached hydrogens (tertiary/aromatic N) is 2. The van der Waals surface area contributed by atoms with Crippen molar-refractivity contribution >= 4 is 29.9 Å². The van der Waals surface area contributed by atoms with E-state index in [2.05, 4.69) is 20.8 Å². The van der Waals surface area contributed by atoms with Gasteiger partial charge in [0.05, 0.1) is 0 Å². The standard InChI is InChI=1S/C16H21ClN4O2.ClH/c1-3-18-11(2)10-19-14(22)8-9-15-20-16(21-23-15)12-4-6-13(17)7-5-12;/h4-7,11,18H,3,8-10H2,1-2H3,(H,19,22);1H/t11-;/m1./s1. The molecule has 2 rings (SSSR count). The number of rotatable bonds is 8. The molecule has 1 aromatic heterocycles. The maximum Gasteiger partial charge on any atom is 0.227 e. The summed E-state index contributed by atoms with van der Waals surface area (Å²) in [6, 6.07) is 7.44. The Morgan fingerprint density at radius 3 is 2.71 bits per heavy atom. The van der Waals surface area contributed by atoms with Crippen molar-refractivity contribution in [1.29, 1.82) is 0 Å². The summed E-state index contributed by atoms with van der Waals surface area (Å²) in [5.74, 6) is 0.920. The summed E-state index contributed by atoms with van der Waals surface area (Å²) in [6.45, 7) is 5.55. The minimum Gasteiger partial charge on any atom is -0.355 e. The number of hydrogen-bond acceptors (Lipinski definition) is 5. The van der Waals surface area contributed by atoms with Crippen LogP contribution in [-0.4, -0.2) is 35.2 Å². The number of halogens is 2. The van der Waals surface area contributed by atoms with Gasteiger partial charge in [-0.2, -0.15) is 4.98 Å². The summed E-state index contributed by atoms with van der Waals surface area (Å²) in [7, 11) is 0. The largest absolute Gasteiger partial charge is 0.355 e. The highest BCUT2D eigenvalue weighted by atomic mass is 35.5. The van der Waals surface area contributed by atoms with E-state index in [0.717, 1.165) is 12.1 Å². The van der Waals surface area contributed by atoms with Gasteiger partial charge in [0.1, 0.15) is 0 Å². The van der Waals surface area contributed by atoms with Crippen molar-refractivity contribution in [3.63, 3.8) is 0 Å². The van der Waals surface area contributed by atoms with Crippen molar-refractivity contribution in [2.45, 2.75) is 32.7 Å². The average Bonchev–Trinajstić information content (AvgIpc) is 3.01. The second kappa shape index (κ2) is 10.3. The van der Waals surface area contributed by atoms with Crippen molar-refractivity contribution in [2.75, 3.05) is 13.1 Å². The fourth-order valence-corrected chi connectivity index (χ4v) is 2.20. The third-order valence-electron chi connectivity index (χ3n) is 3.29. The van der Waals surface area contributed by atoms with Crippen LogP contribution in [0, 0.1) is 0 Å². The predicted molar refractivity (Wildman–Crippen MR) is 96.5 cm³/mol. The van der Waals surface area contributed by atoms with Crippen LogP contribution in [0.5, 0.6) is 0 Å². The molecule has 0 saturated carbocycles. The van der Waals surface area contributed by atoms with Gasteiger partial charge in [0.25, 0.3) is 0 Å². The zero-order valence-corrected chi connectivity index (χ0v) is 15.3. The maximum absolute atomic E-state index is 11.8. The van der Waals surface area contributed by atoms with Crippen LogP contribution >= 0.6 is 24.0 Å². The Hall–Kier alpha value is -1.63. The first-order chi connectivity index (χ1) is 11.1. The molecule has 2 N–H and O–H groups in total. The molecule has 24 heavy (non-hydrogen) atoms. The molecule has 132 valence electrons. The zero-order chi connectivity index (χ0) is 16.7. The van der Waals surface area contributed by atoms with Gasteiger partial charge in [-0.05, 0) is 37.7 Å². The lowest BCUT2D eigenvalue weighted by atomic mass is 10.2. The molecule has 0 aliphatic rings. The van der Waals surface area contributed by atoms with E-state index in [1.807, 2.05) is 26.0 Å². The van der Waals surface area contributed by atoms with Crippen LogP contribution in [0.25, 0.3) is 11.4 Å². The van der Waals surface area contributed by atoms with Crippen molar-refractivity contribution < 1.29 is 9.32 Å². The number of aryl methyl sites for hydroxylation is 1. The van der Waals surface area contributed by atoms with Gasteiger partial charge in [0.15, 0.2) is 0 Å². The molecule has 0 saturated heterocycles. The molecule has 1 aromatic carbocycles.